The molecule has 0 spiro atoms. The predicted molar refractivity (Wildman–Crippen MR) is 94.7 cm³/mol. The Labute approximate surface area is 145 Å². The van der Waals surface area contributed by atoms with Crippen LogP contribution < -0.4 is 10.1 Å². The molecule has 1 unspecified atom stereocenters. The molecule has 0 aliphatic carbocycles. The molecule has 2 heterocycles. The van der Waals surface area contributed by atoms with Gasteiger partial charge in [0.1, 0.15) is 5.75 Å². The molecule has 134 valence electrons. The maximum atomic E-state index is 12.8. The Morgan fingerprint density at radius 1 is 1.17 bits per heavy atom. The number of ether oxygens (including phenoxy) is 1. The van der Waals surface area contributed by atoms with E-state index in [0.29, 0.717) is 36.6 Å². The Balaban J connectivity index is 1.61. The van der Waals surface area contributed by atoms with Gasteiger partial charge in [0.05, 0.1) is 11.5 Å². The van der Waals surface area contributed by atoms with Crippen molar-refractivity contribution >= 4 is 10.0 Å². The van der Waals surface area contributed by atoms with Crippen molar-refractivity contribution in [1.82, 2.24) is 9.62 Å². The van der Waals surface area contributed by atoms with E-state index >= 15 is 0 Å². The Bertz CT molecular complexity index is 616. The number of nitrogens with zero attached hydrogens (tertiary/aromatic N) is 1. The first-order valence-electron chi connectivity index (χ1n) is 9.07. The molecule has 2 fully saturated rings. The maximum absolute atomic E-state index is 12.8. The minimum atomic E-state index is -3.39. The highest BCUT2D eigenvalue weighted by atomic mass is 32.2. The number of hydrogen-bond acceptors (Lipinski definition) is 4. The molecule has 2 saturated heterocycles. The second kappa shape index (κ2) is 7.85. The van der Waals surface area contributed by atoms with Gasteiger partial charge in [-0.15, -0.1) is 0 Å². The van der Waals surface area contributed by atoms with Gasteiger partial charge in [-0.05, 0) is 68.8 Å². The first kappa shape index (κ1) is 17.7. The Kier molecular flexibility index (Phi) is 5.79. The molecule has 0 bridgehead atoms. The smallest absolute Gasteiger partial charge is 0.243 e. The van der Waals surface area contributed by atoms with Gasteiger partial charge < -0.3 is 10.1 Å². The lowest BCUT2D eigenvalue weighted by molar-refractivity contribution is 0.234. The van der Waals surface area contributed by atoms with Crippen molar-refractivity contribution in [3.05, 3.63) is 24.3 Å². The van der Waals surface area contributed by atoms with Gasteiger partial charge in [-0.1, -0.05) is 6.92 Å². The van der Waals surface area contributed by atoms with Crippen molar-refractivity contribution in [3.8, 4) is 5.75 Å². The van der Waals surface area contributed by atoms with Gasteiger partial charge in [0.2, 0.25) is 10.0 Å². The van der Waals surface area contributed by atoms with Crippen molar-refractivity contribution < 1.29 is 13.2 Å². The van der Waals surface area contributed by atoms with Gasteiger partial charge in [-0.25, -0.2) is 8.42 Å². The summed E-state index contributed by atoms with van der Waals surface area (Å²) in [6.45, 7) is 5.05. The monoisotopic (exact) mass is 352 g/mol. The molecule has 2 aliphatic rings. The highest BCUT2D eigenvalue weighted by Crippen LogP contribution is 2.29. The number of hydrogen-bond donors (Lipinski definition) is 1. The van der Waals surface area contributed by atoms with Crippen LogP contribution in [-0.4, -0.2) is 45.0 Å². The second-order valence-corrected chi connectivity index (χ2v) is 8.70. The summed E-state index contributed by atoms with van der Waals surface area (Å²) in [4.78, 5) is 0.365. The van der Waals surface area contributed by atoms with Crippen molar-refractivity contribution in [2.24, 2.45) is 5.92 Å². The summed E-state index contributed by atoms with van der Waals surface area (Å²) >= 11 is 0. The summed E-state index contributed by atoms with van der Waals surface area (Å²) in [5.41, 5.74) is 0. The normalized spacial score (nSPS) is 23.5. The largest absolute Gasteiger partial charge is 0.494 e. The van der Waals surface area contributed by atoms with Crippen LogP contribution in [0.3, 0.4) is 0 Å². The van der Waals surface area contributed by atoms with E-state index in [1.165, 1.54) is 12.8 Å². The van der Waals surface area contributed by atoms with Crippen LogP contribution in [0.25, 0.3) is 0 Å². The van der Waals surface area contributed by atoms with E-state index < -0.39 is 10.0 Å². The van der Waals surface area contributed by atoms with Crippen molar-refractivity contribution in [3.63, 3.8) is 0 Å². The third-order valence-electron chi connectivity index (χ3n) is 5.10. The van der Waals surface area contributed by atoms with E-state index in [1.807, 2.05) is 6.92 Å². The molecule has 6 heteroatoms. The third-order valence-corrected chi connectivity index (χ3v) is 7.01. The van der Waals surface area contributed by atoms with Crippen LogP contribution in [0, 0.1) is 5.92 Å². The molecule has 1 N–H and O–H groups in total. The molecule has 1 aromatic rings. The second-order valence-electron chi connectivity index (χ2n) is 6.76. The number of rotatable bonds is 6. The van der Waals surface area contributed by atoms with Gasteiger partial charge >= 0.3 is 0 Å². The SMILES string of the molecule is CCCOc1ccc(S(=O)(=O)N2CCC(C3CCCN3)CC2)cc1. The van der Waals surface area contributed by atoms with Crippen molar-refractivity contribution in [2.45, 2.75) is 50.0 Å². The summed E-state index contributed by atoms with van der Waals surface area (Å²) in [5, 5.41) is 3.55. The number of piperidine rings is 1. The number of sulfonamides is 1. The van der Waals surface area contributed by atoms with Crippen LogP contribution in [0.5, 0.6) is 5.75 Å². The fourth-order valence-corrected chi connectivity index (χ4v) is 5.18. The summed E-state index contributed by atoms with van der Waals surface area (Å²) in [7, 11) is -3.39. The van der Waals surface area contributed by atoms with Crippen LogP contribution >= 0.6 is 0 Å². The highest BCUT2D eigenvalue weighted by molar-refractivity contribution is 7.89. The molecule has 0 amide bonds. The van der Waals surface area contributed by atoms with E-state index in [-0.39, 0.29) is 0 Å². The Hall–Kier alpha value is -1.11. The van der Waals surface area contributed by atoms with Gasteiger partial charge in [-0.2, -0.15) is 4.31 Å². The number of nitrogens with one attached hydrogen (secondary N) is 1. The molecule has 0 saturated carbocycles. The molecule has 1 atom stereocenters. The van der Waals surface area contributed by atoms with Crippen LogP contribution in [0.1, 0.15) is 39.0 Å². The first-order chi connectivity index (χ1) is 11.6. The quantitative estimate of drug-likeness (QED) is 0.855. The molecule has 2 aliphatic heterocycles. The zero-order valence-corrected chi connectivity index (χ0v) is 15.2. The lowest BCUT2D eigenvalue weighted by atomic mass is 9.89. The van der Waals surface area contributed by atoms with E-state index in [1.54, 1.807) is 28.6 Å². The molecule has 1 aromatic carbocycles. The van der Waals surface area contributed by atoms with Crippen molar-refractivity contribution in [1.29, 1.82) is 0 Å². The minimum absolute atomic E-state index is 0.365. The fraction of sp³-hybridized carbons (Fsp3) is 0.667. The summed E-state index contributed by atoms with van der Waals surface area (Å²) in [6.07, 6.45) is 5.32. The zero-order chi connectivity index (χ0) is 17.0. The first-order valence-corrected chi connectivity index (χ1v) is 10.5. The van der Waals surface area contributed by atoms with Crippen molar-refractivity contribution in [2.75, 3.05) is 26.2 Å². The van der Waals surface area contributed by atoms with Gasteiger partial charge in [0.25, 0.3) is 0 Å². The van der Waals surface area contributed by atoms with Gasteiger partial charge in [0.15, 0.2) is 0 Å². The molecule has 0 radical (unpaired) electrons. The fourth-order valence-electron chi connectivity index (χ4n) is 3.71. The lowest BCUT2D eigenvalue weighted by Gasteiger charge is -2.34. The Morgan fingerprint density at radius 3 is 2.46 bits per heavy atom. The van der Waals surface area contributed by atoms with Gasteiger partial charge in [0, 0.05) is 19.1 Å². The zero-order valence-electron chi connectivity index (χ0n) is 14.4. The highest BCUT2D eigenvalue weighted by Gasteiger charge is 2.33. The van der Waals surface area contributed by atoms with Gasteiger partial charge in [-0.3, -0.25) is 0 Å². The topological polar surface area (TPSA) is 58.6 Å². The van der Waals surface area contributed by atoms with E-state index in [0.717, 1.165) is 31.6 Å². The summed E-state index contributed by atoms with van der Waals surface area (Å²) in [6, 6.07) is 7.40. The molecule has 5 nitrogen and oxygen atoms in total. The molecular weight excluding hydrogens is 324 g/mol. The van der Waals surface area contributed by atoms with Crippen LogP contribution in [-0.2, 0) is 10.0 Å². The molecule has 3 rings (SSSR count). The standard InChI is InChI=1S/C18H28N2O3S/c1-2-14-23-16-5-7-17(8-6-16)24(21,22)20-12-9-15(10-13-20)18-4-3-11-19-18/h5-8,15,18-19H,2-4,9-14H2,1H3. The lowest BCUT2D eigenvalue weighted by Crippen LogP contribution is -2.43. The summed E-state index contributed by atoms with van der Waals surface area (Å²) < 4.78 is 32.8. The molecule has 24 heavy (non-hydrogen) atoms. The number of benzene rings is 1. The average Bonchev–Trinajstić information content (AvgIpc) is 3.15. The van der Waals surface area contributed by atoms with Crippen LogP contribution in [0.15, 0.2) is 29.2 Å². The van der Waals surface area contributed by atoms with E-state index in [2.05, 4.69) is 5.32 Å². The molecular formula is C18H28N2O3S. The van der Waals surface area contributed by atoms with E-state index in [4.69, 9.17) is 4.74 Å². The average molecular weight is 353 g/mol. The Morgan fingerprint density at radius 2 is 1.88 bits per heavy atom. The van der Waals surface area contributed by atoms with E-state index in [9.17, 15) is 8.42 Å². The van der Waals surface area contributed by atoms with Crippen LogP contribution in [0.2, 0.25) is 0 Å². The minimum Gasteiger partial charge on any atom is -0.494 e. The molecule has 0 aromatic heterocycles. The maximum Gasteiger partial charge on any atom is 0.243 e. The van der Waals surface area contributed by atoms with Crippen LogP contribution in [0.4, 0.5) is 0 Å². The summed E-state index contributed by atoms with van der Waals surface area (Å²) in [5.74, 6) is 1.34. The predicted octanol–water partition coefficient (Wildman–Crippen LogP) is 2.63. The third kappa shape index (κ3) is 3.92.